The lowest BCUT2D eigenvalue weighted by Crippen LogP contribution is -2.52. The first-order valence-electron chi connectivity index (χ1n) is 13.5. The van der Waals surface area contributed by atoms with Crippen LogP contribution in [-0.4, -0.2) is 55.5 Å². The van der Waals surface area contributed by atoms with Crippen LogP contribution in [-0.2, 0) is 4.74 Å². The average molecular weight is 541 g/mol. The molecular formula is C31H29FN4O4. The van der Waals surface area contributed by atoms with E-state index < -0.39 is 12.2 Å². The van der Waals surface area contributed by atoms with E-state index in [0.717, 1.165) is 29.5 Å². The third-order valence-corrected chi connectivity index (χ3v) is 7.43. The molecule has 4 aromatic rings. The van der Waals surface area contributed by atoms with Crippen molar-refractivity contribution in [1.29, 1.82) is 5.26 Å². The van der Waals surface area contributed by atoms with Gasteiger partial charge < -0.3 is 24.5 Å². The summed E-state index contributed by atoms with van der Waals surface area (Å²) >= 11 is 0. The number of nitriles is 1. The monoisotopic (exact) mass is 540 g/mol. The standard InChI is InChI=1S/C31H29FN4O4/c32-25-8-11-34-18-27(25)36-31(37)20-3-1-19(2-4-20)29-16-26-30(40-29)24(7-12-35-26)21-5-6-28(22(15-21)17-33)39-23-9-13-38-14-10-23/h1-7,12,15-16,23,25,27,34H,8-11,13-14,18H2,(H,36,37)/t25-,27-/m0/s1. The third kappa shape index (κ3) is 5.41. The molecule has 0 spiro atoms. The molecule has 6 rings (SSSR count). The maximum atomic E-state index is 14.1. The second-order valence-electron chi connectivity index (χ2n) is 10.1. The van der Waals surface area contributed by atoms with Gasteiger partial charge in [0.1, 0.15) is 35.4 Å². The van der Waals surface area contributed by atoms with Crippen molar-refractivity contribution in [2.24, 2.45) is 0 Å². The molecule has 0 radical (unpaired) electrons. The Labute approximate surface area is 231 Å². The van der Waals surface area contributed by atoms with Crippen LogP contribution < -0.4 is 15.4 Å². The number of aromatic nitrogens is 1. The molecule has 2 aromatic heterocycles. The van der Waals surface area contributed by atoms with Gasteiger partial charge in [-0.2, -0.15) is 5.26 Å². The zero-order valence-electron chi connectivity index (χ0n) is 21.9. The van der Waals surface area contributed by atoms with E-state index in [1.54, 1.807) is 30.5 Å². The summed E-state index contributed by atoms with van der Waals surface area (Å²) in [6.45, 7) is 2.36. The lowest BCUT2D eigenvalue weighted by Gasteiger charge is -2.27. The van der Waals surface area contributed by atoms with Crippen LogP contribution in [0.4, 0.5) is 4.39 Å². The number of furan rings is 1. The molecule has 1 amide bonds. The van der Waals surface area contributed by atoms with Crippen molar-refractivity contribution in [3.8, 4) is 34.3 Å². The van der Waals surface area contributed by atoms with Crippen LogP contribution in [0.5, 0.6) is 5.75 Å². The van der Waals surface area contributed by atoms with E-state index in [1.165, 1.54) is 0 Å². The number of pyridine rings is 1. The quantitative estimate of drug-likeness (QED) is 0.353. The van der Waals surface area contributed by atoms with Crippen molar-refractivity contribution in [2.75, 3.05) is 26.3 Å². The van der Waals surface area contributed by atoms with Gasteiger partial charge in [0.2, 0.25) is 0 Å². The molecule has 2 saturated heterocycles. The maximum absolute atomic E-state index is 14.1. The number of alkyl halides is 1. The van der Waals surface area contributed by atoms with E-state index in [-0.39, 0.29) is 12.0 Å². The fraction of sp³-hybridized carbons (Fsp3) is 0.323. The summed E-state index contributed by atoms with van der Waals surface area (Å²) in [5.41, 5.74) is 4.58. The molecule has 8 nitrogen and oxygen atoms in total. The van der Waals surface area contributed by atoms with Crippen LogP contribution >= 0.6 is 0 Å². The van der Waals surface area contributed by atoms with E-state index in [9.17, 15) is 14.4 Å². The number of rotatable bonds is 6. The molecule has 0 bridgehead atoms. The molecule has 2 aliphatic heterocycles. The van der Waals surface area contributed by atoms with Crippen LogP contribution in [0.3, 0.4) is 0 Å². The Bertz CT molecular complexity index is 1560. The van der Waals surface area contributed by atoms with Gasteiger partial charge in [-0.05, 0) is 48.9 Å². The fourth-order valence-electron chi connectivity index (χ4n) is 5.17. The van der Waals surface area contributed by atoms with E-state index in [1.807, 2.05) is 30.3 Å². The highest BCUT2D eigenvalue weighted by atomic mass is 19.1. The Balaban J connectivity index is 1.23. The number of halogens is 1. The number of nitrogens with zero attached hydrogens (tertiary/aromatic N) is 2. The molecule has 2 fully saturated rings. The van der Waals surface area contributed by atoms with E-state index >= 15 is 0 Å². The minimum absolute atomic E-state index is 0.0364. The normalized spacial score (nSPS) is 19.7. The van der Waals surface area contributed by atoms with Crippen molar-refractivity contribution >= 4 is 17.0 Å². The fourth-order valence-corrected chi connectivity index (χ4v) is 5.17. The number of benzene rings is 2. The Kier molecular flexibility index (Phi) is 7.45. The summed E-state index contributed by atoms with van der Waals surface area (Å²) < 4.78 is 31.9. The number of carbonyl (C=O) groups excluding carboxylic acids is 1. The second-order valence-corrected chi connectivity index (χ2v) is 10.1. The zero-order valence-corrected chi connectivity index (χ0v) is 21.9. The number of fused-ring (bicyclic) bond motifs is 1. The number of carbonyl (C=O) groups is 1. The SMILES string of the molecule is N#Cc1cc(-c2ccnc3cc(-c4ccc(C(=O)N[C@H]5CNCC[C@@H]5F)cc4)oc23)ccc1OC1CCOCC1. The summed E-state index contributed by atoms with van der Waals surface area (Å²) in [6, 6.07) is 18.0. The first kappa shape index (κ1) is 26.0. The van der Waals surface area contributed by atoms with Crippen molar-refractivity contribution in [3.63, 3.8) is 0 Å². The van der Waals surface area contributed by atoms with Gasteiger partial charge in [-0.1, -0.05) is 18.2 Å². The molecule has 2 atom stereocenters. The molecule has 4 heterocycles. The molecule has 2 aromatic carbocycles. The van der Waals surface area contributed by atoms with Gasteiger partial charge in [-0.15, -0.1) is 0 Å². The summed E-state index contributed by atoms with van der Waals surface area (Å²) in [5.74, 6) is 0.852. The highest BCUT2D eigenvalue weighted by Crippen LogP contribution is 2.35. The Hall–Kier alpha value is -4.26. The van der Waals surface area contributed by atoms with E-state index in [4.69, 9.17) is 13.9 Å². The molecule has 204 valence electrons. The molecular weight excluding hydrogens is 511 g/mol. The van der Waals surface area contributed by atoms with Crippen LogP contribution in [0.1, 0.15) is 35.2 Å². The lowest BCUT2D eigenvalue weighted by atomic mass is 10.0. The van der Waals surface area contributed by atoms with Gasteiger partial charge in [0.15, 0.2) is 5.58 Å². The van der Waals surface area contributed by atoms with Gasteiger partial charge in [-0.3, -0.25) is 9.78 Å². The summed E-state index contributed by atoms with van der Waals surface area (Å²) in [7, 11) is 0. The minimum Gasteiger partial charge on any atom is -0.489 e. The first-order valence-corrected chi connectivity index (χ1v) is 13.5. The van der Waals surface area contributed by atoms with Gasteiger partial charge in [-0.25, -0.2) is 4.39 Å². The topological polar surface area (TPSA) is 109 Å². The number of piperidine rings is 1. The Morgan fingerprint density at radius 3 is 2.65 bits per heavy atom. The summed E-state index contributed by atoms with van der Waals surface area (Å²) in [5, 5.41) is 15.7. The zero-order chi connectivity index (χ0) is 27.5. The highest BCUT2D eigenvalue weighted by Gasteiger charge is 2.26. The van der Waals surface area contributed by atoms with Gasteiger partial charge in [0.25, 0.3) is 5.91 Å². The van der Waals surface area contributed by atoms with Crippen LogP contribution in [0, 0.1) is 11.3 Å². The van der Waals surface area contributed by atoms with Gasteiger partial charge >= 0.3 is 0 Å². The number of nitrogens with one attached hydrogen (secondary N) is 2. The van der Waals surface area contributed by atoms with Crippen LogP contribution in [0.25, 0.3) is 33.6 Å². The van der Waals surface area contributed by atoms with Crippen molar-refractivity contribution in [3.05, 3.63) is 71.9 Å². The maximum Gasteiger partial charge on any atom is 0.251 e. The molecule has 2 N–H and O–H groups in total. The number of ether oxygens (including phenoxy) is 2. The van der Waals surface area contributed by atoms with Gasteiger partial charge in [0, 0.05) is 48.3 Å². The molecule has 0 saturated carbocycles. The average Bonchev–Trinajstić information content (AvgIpc) is 3.44. The molecule has 0 aliphatic carbocycles. The van der Waals surface area contributed by atoms with Crippen molar-refractivity contribution in [1.82, 2.24) is 15.6 Å². The minimum atomic E-state index is -1.05. The van der Waals surface area contributed by atoms with Gasteiger partial charge in [0.05, 0.1) is 24.8 Å². The second kappa shape index (κ2) is 11.5. The first-order chi connectivity index (χ1) is 19.6. The smallest absolute Gasteiger partial charge is 0.251 e. The molecule has 2 aliphatic rings. The van der Waals surface area contributed by atoms with E-state index in [2.05, 4.69) is 21.7 Å². The Morgan fingerprint density at radius 1 is 1.07 bits per heavy atom. The Morgan fingerprint density at radius 2 is 1.88 bits per heavy atom. The highest BCUT2D eigenvalue weighted by molar-refractivity contribution is 5.95. The number of hydrogen-bond donors (Lipinski definition) is 2. The number of hydrogen-bond acceptors (Lipinski definition) is 7. The predicted molar refractivity (Wildman–Crippen MR) is 148 cm³/mol. The predicted octanol–water partition coefficient (Wildman–Crippen LogP) is 5.02. The molecule has 40 heavy (non-hydrogen) atoms. The van der Waals surface area contributed by atoms with Crippen LogP contribution in [0.15, 0.2) is 65.2 Å². The largest absolute Gasteiger partial charge is 0.489 e. The third-order valence-electron chi connectivity index (χ3n) is 7.43. The van der Waals surface area contributed by atoms with Crippen LogP contribution in [0.2, 0.25) is 0 Å². The molecule has 0 unspecified atom stereocenters. The summed E-state index contributed by atoms with van der Waals surface area (Å²) in [4.78, 5) is 17.1. The number of amides is 1. The lowest BCUT2D eigenvalue weighted by molar-refractivity contribution is 0.0254. The van der Waals surface area contributed by atoms with Crippen molar-refractivity contribution < 1.29 is 23.1 Å². The molecule has 9 heteroatoms. The van der Waals surface area contributed by atoms with Crippen molar-refractivity contribution in [2.45, 2.75) is 37.6 Å². The summed E-state index contributed by atoms with van der Waals surface area (Å²) in [6.07, 6.45) is 2.68. The van der Waals surface area contributed by atoms with E-state index in [0.29, 0.717) is 66.5 Å².